The van der Waals surface area contributed by atoms with Crippen molar-refractivity contribution >= 4 is 34.0 Å². The van der Waals surface area contributed by atoms with Crippen molar-refractivity contribution < 1.29 is 14.3 Å². The Morgan fingerprint density at radius 2 is 1.44 bits per heavy atom. The van der Waals surface area contributed by atoms with Crippen molar-refractivity contribution in [3.63, 3.8) is 0 Å². The van der Waals surface area contributed by atoms with Crippen LogP contribution in [-0.2, 0) is 11.3 Å². The van der Waals surface area contributed by atoms with Gasteiger partial charge in [-0.25, -0.2) is 0 Å². The van der Waals surface area contributed by atoms with Gasteiger partial charge >= 0.3 is 0 Å². The average Bonchev–Trinajstić information content (AvgIpc) is 3.06. The minimum Gasteiger partial charge on any atom is -0.379 e. The molecule has 8 heteroatoms. The Bertz CT molecular complexity index is 1550. The van der Waals surface area contributed by atoms with Gasteiger partial charge in [-0.1, -0.05) is 60.7 Å². The lowest BCUT2D eigenvalue weighted by molar-refractivity contribution is 0.0383. The zero-order chi connectivity index (χ0) is 29.4. The molecule has 2 heterocycles. The summed E-state index contributed by atoms with van der Waals surface area (Å²) >= 11 is 0. The molecule has 2 fully saturated rings. The van der Waals surface area contributed by atoms with E-state index in [2.05, 4.69) is 49.6 Å². The molecule has 2 amide bonds. The normalized spacial score (nSPS) is 16.2. The molecular formula is C35H39N5O3. The zero-order valence-corrected chi connectivity index (χ0v) is 24.5. The van der Waals surface area contributed by atoms with Gasteiger partial charge < -0.3 is 20.3 Å². The second-order valence-electron chi connectivity index (χ2n) is 11.2. The van der Waals surface area contributed by atoms with Crippen LogP contribution in [0.15, 0.2) is 91.0 Å². The molecule has 0 atom stereocenters. The monoisotopic (exact) mass is 577 g/mol. The standard InChI is InChI=1S/C35H39N5O3/c41-34(30-11-10-28-8-4-5-9-29(28)24-30)37-31-12-13-33(32(25-31)35(42)36-14-15-38-20-22-43-23-21-38)40-18-16-39(17-19-40)26-27-6-2-1-3-7-27/h1-13,24-25H,14-23,26H2,(H,36,42)(H,37,41). The lowest BCUT2D eigenvalue weighted by Crippen LogP contribution is -2.46. The van der Waals surface area contributed by atoms with Crippen LogP contribution in [-0.4, -0.2) is 87.2 Å². The molecule has 0 aliphatic carbocycles. The molecule has 4 aromatic carbocycles. The summed E-state index contributed by atoms with van der Waals surface area (Å²) in [5, 5.41) is 8.25. The minimum atomic E-state index is -0.202. The topological polar surface area (TPSA) is 77.2 Å². The molecule has 6 rings (SSSR count). The largest absolute Gasteiger partial charge is 0.379 e. The van der Waals surface area contributed by atoms with E-state index in [1.165, 1.54) is 5.56 Å². The van der Waals surface area contributed by atoms with E-state index in [4.69, 9.17) is 4.74 Å². The van der Waals surface area contributed by atoms with Crippen LogP contribution in [0.25, 0.3) is 10.8 Å². The predicted molar refractivity (Wildman–Crippen MR) is 172 cm³/mol. The first kappa shape index (κ1) is 28.9. The van der Waals surface area contributed by atoms with Crippen LogP contribution in [0.3, 0.4) is 0 Å². The molecular weight excluding hydrogens is 538 g/mol. The predicted octanol–water partition coefficient (Wildman–Crippen LogP) is 4.48. The van der Waals surface area contributed by atoms with Gasteiger partial charge in [-0.05, 0) is 46.7 Å². The van der Waals surface area contributed by atoms with Crippen molar-refractivity contribution in [1.29, 1.82) is 0 Å². The lowest BCUT2D eigenvalue weighted by atomic mass is 10.1. The Balaban J connectivity index is 1.16. The first-order chi connectivity index (χ1) is 21.1. The first-order valence-electron chi connectivity index (χ1n) is 15.2. The lowest BCUT2D eigenvalue weighted by Gasteiger charge is -2.37. The molecule has 2 aliphatic rings. The minimum absolute atomic E-state index is 0.128. The van der Waals surface area contributed by atoms with E-state index >= 15 is 0 Å². The molecule has 0 bridgehead atoms. The molecule has 0 radical (unpaired) electrons. The van der Waals surface area contributed by atoms with Gasteiger partial charge in [0.1, 0.15) is 0 Å². The van der Waals surface area contributed by atoms with E-state index in [0.29, 0.717) is 23.4 Å². The number of fused-ring (bicyclic) bond motifs is 1. The van der Waals surface area contributed by atoms with Gasteiger partial charge in [0.25, 0.3) is 11.8 Å². The summed E-state index contributed by atoms with van der Waals surface area (Å²) in [6.45, 7) is 8.94. The third-order valence-corrected chi connectivity index (χ3v) is 8.29. The van der Waals surface area contributed by atoms with Crippen molar-refractivity contribution in [2.45, 2.75) is 6.54 Å². The number of piperazine rings is 1. The van der Waals surface area contributed by atoms with Gasteiger partial charge in [0.2, 0.25) is 0 Å². The number of hydrogen-bond donors (Lipinski definition) is 2. The highest BCUT2D eigenvalue weighted by Gasteiger charge is 2.23. The van der Waals surface area contributed by atoms with Gasteiger partial charge in [0, 0.05) is 75.8 Å². The number of carbonyl (C=O) groups excluding carboxylic acids is 2. The molecule has 43 heavy (non-hydrogen) atoms. The van der Waals surface area contributed by atoms with Crippen molar-refractivity contribution in [3.8, 4) is 0 Å². The SMILES string of the molecule is O=C(Nc1ccc(N2CCN(Cc3ccccc3)CC2)c(C(=O)NCCN2CCOCC2)c1)c1ccc2ccccc2c1. The van der Waals surface area contributed by atoms with E-state index < -0.39 is 0 Å². The smallest absolute Gasteiger partial charge is 0.255 e. The molecule has 0 unspecified atom stereocenters. The zero-order valence-electron chi connectivity index (χ0n) is 24.5. The molecule has 222 valence electrons. The Morgan fingerprint density at radius 3 is 2.23 bits per heavy atom. The fraction of sp³-hybridized carbons (Fsp3) is 0.314. The third-order valence-electron chi connectivity index (χ3n) is 8.29. The van der Waals surface area contributed by atoms with Crippen LogP contribution >= 0.6 is 0 Å². The summed E-state index contributed by atoms with van der Waals surface area (Å²) in [6.07, 6.45) is 0. The van der Waals surface area contributed by atoms with Gasteiger partial charge in [-0.3, -0.25) is 19.4 Å². The number of anilines is 2. The summed E-state index contributed by atoms with van der Waals surface area (Å²) in [5.41, 5.74) is 3.96. The Labute approximate surface area is 253 Å². The van der Waals surface area contributed by atoms with Crippen molar-refractivity contribution in [2.75, 3.05) is 75.8 Å². The van der Waals surface area contributed by atoms with Gasteiger partial charge in [-0.15, -0.1) is 0 Å². The maximum Gasteiger partial charge on any atom is 0.255 e. The Kier molecular flexibility index (Phi) is 9.28. The Morgan fingerprint density at radius 1 is 0.698 bits per heavy atom. The summed E-state index contributed by atoms with van der Waals surface area (Å²) in [7, 11) is 0. The third kappa shape index (κ3) is 7.40. The quantitative estimate of drug-likeness (QED) is 0.306. The molecule has 2 aliphatic heterocycles. The molecule has 4 aromatic rings. The summed E-state index contributed by atoms with van der Waals surface area (Å²) in [6, 6.07) is 29.9. The molecule has 2 saturated heterocycles. The van der Waals surface area contributed by atoms with Crippen LogP contribution in [0.4, 0.5) is 11.4 Å². The number of nitrogens with one attached hydrogen (secondary N) is 2. The van der Waals surface area contributed by atoms with E-state index in [1.54, 1.807) is 0 Å². The number of carbonyl (C=O) groups is 2. The van der Waals surface area contributed by atoms with Crippen LogP contribution in [0, 0.1) is 0 Å². The summed E-state index contributed by atoms with van der Waals surface area (Å²) in [5.74, 6) is -0.330. The number of rotatable bonds is 9. The van der Waals surface area contributed by atoms with Crippen LogP contribution in [0.5, 0.6) is 0 Å². The summed E-state index contributed by atoms with van der Waals surface area (Å²) in [4.78, 5) is 33.9. The maximum absolute atomic E-state index is 13.6. The van der Waals surface area contributed by atoms with Gasteiger partial charge in [0.15, 0.2) is 0 Å². The molecule has 0 spiro atoms. The van der Waals surface area contributed by atoms with Crippen molar-refractivity contribution in [2.24, 2.45) is 0 Å². The van der Waals surface area contributed by atoms with E-state index in [9.17, 15) is 9.59 Å². The Hall–Kier alpha value is -4.24. The first-order valence-corrected chi connectivity index (χ1v) is 15.2. The fourth-order valence-electron chi connectivity index (χ4n) is 5.84. The van der Waals surface area contributed by atoms with Crippen LogP contribution in [0.2, 0.25) is 0 Å². The summed E-state index contributed by atoms with van der Waals surface area (Å²) < 4.78 is 5.45. The number of morpholine rings is 1. The highest BCUT2D eigenvalue weighted by atomic mass is 16.5. The van der Waals surface area contributed by atoms with Gasteiger partial charge in [-0.2, -0.15) is 0 Å². The van der Waals surface area contributed by atoms with Crippen molar-refractivity contribution in [1.82, 2.24) is 15.1 Å². The number of hydrogen-bond acceptors (Lipinski definition) is 6. The number of benzene rings is 4. The molecule has 8 nitrogen and oxygen atoms in total. The maximum atomic E-state index is 13.6. The molecule has 2 N–H and O–H groups in total. The number of amides is 2. The highest BCUT2D eigenvalue weighted by molar-refractivity contribution is 6.08. The highest BCUT2D eigenvalue weighted by Crippen LogP contribution is 2.27. The van der Waals surface area contributed by atoms with Crippen molar-refractivity contribution in [3.05, 3.63) is 108 Å². The fourth-order valence-corrected chi connectivity index (χ4v) is 5.84. The second-order valence-corrected chi connectivity index (χ2v) is 11.2. The number of ether oxygens (including phenoxy) is 1. The van der Waals surface area contributed by atoms with Crippen LogP contribution < -0.4 is 15.5 Å². The number of nitrogens with zero attached hydrogens (tertiary/aromatic N) is 3. The van der Waals surface area contributed by atoms with Crippen LogP contribution in [0.1, 0.15) is 26.3 Å². The average molecular weight is 578 g/mol. The molecule has 0 aromatic heterocycles. The van der Waals surface area contributed by atoms with E-state index in [-0.39, 0.29) is 11.8 Å². The van der Waals surface area contributed by atoms with E-state index in [1.807, 2.05) is 66.7 Å². The molecule has 0 saturated carbocycles. The second kappa shape index (κ2) is 13.8. The van der Waals surface area contributed by atoms with E-state index in [0.717, 1.165) is 82.0 Å². The van der Waals surface area contributed by atoms with Gasteiger partial charge in [0.05, 0.1) is 18.8 Å².